The standard InChI is InChI=1S/C22H38NOP/c1-16(2)23(17(3)4)20(24)19-14-12-11-13-18(19)15-25(21(5,6)7)22(8,9)10/h11-14,16-17H,15H2,1-10H3. The van der Waals surface area contributed by atoms with Gasteiger partial charge in [-0.3, -0.25) is 4.79 Å². The van der Waals surface area contributed by atoms with E-state index in [2.05, 4.69) is 81.4 Å². The Kier molecular flexibility index (Phi) is 7.28. The fraction of sp³-hybridized carbons (Fsp3) is 0.682. The summed E-state index contributed by atoms with van der Waals surface area (Å²) in [6.45, 7) is 22.4. The maximum absolute atomic E-state index is 13.3. The van der Waals surface area contributed by atoms with E-state index in [-0.39, 0.29) is 36.2 Å². The van der Waals surface area contributed by atoms with Gasteiger partial charge in [0.2, 0.25) is 0 Å². The minimum Gasteiger partial charge on any atom is -0.334 e. The third-order valence-corrected chi connectivity index (χ3v) is 8.44. The second-order valence-corrected chi connectivity index (χ2v) is 13.3. The zero-order valence-corrected chi connectivity index (χ0v) is 18.9. The fourth-order valence-electron chi connectivity index (χ4n) is 3.72. The van der Waals surface area contributed by atoms with Gasteiger partial charge in [0.25, 0.3) is 5.91 Å². The van der Waals surface area contributed by atoms with Crippen molar-refractivity contribution in [1.29, 1.82) is 0 Å². The van der Waals surface area contributed by atoms with Crippen LogP contribution in [0.15, 0.2) is 24.3 Å². The molecule has 0 unspecified atom stereocenters. The van der Waals surface area contributed by atoms with E-state index in [1.54, 1.807) is 0 Å². The highest BCUT2D eigenvalue weighted by Gasteiger charge is 2.35. The predicted molar refractivity (Wildman–Crippen MR) is 113 cm³/mol. The molecule has 0 heterocycles. The molecule has 25 heavy (non-hydrogen) atoms. The van der Waals surface area contributed by atoms with Crippen molar-refractivity contribution >= 4 is 13.8 Å². The van der Waals surface area contributed by atoms with Gasteiger partial charge < -0.3 is 4.90 Å². The lowest BCUT2D eigenvalue weighted by Gasteiger charge is -2.42. The Morgan fingerprint density at radius 3 is 1.76 bits per heavy atom. The third kappa shape index (κ3) is 5.81. The Morgan fingerprint density at radius 2 is 1.36 bits per heavy atom. The Bertz CT molecular complexity index is 556. The molecule has 2 nitrogen and oxygen atoms in total. The van der Waals surface area contributed by atoms with Crippen molar-refractivity contribution in [3.8, 4) is 0 Å². The molecule has 0 spiro atoms. The summed E-state index contributed by atoms with van der Waals surface area (Å²) in [7, 11) is -0.281. The Hall–Kier alpha value is -0.880. The Labute approximate surface area is 157 Å². The lowest BCUT2D eigenvalue weighted by atomic mass is 10.1. The molecular formula is C22H38NOP. The molecule has 0 fully saturated rings. The van der Waals surface area contributed by atoms with E-state index in [1.165, 1.54) is 5.56 Å². The maximum atomic E-state index is 13.3. The summed E-state index contributed by atoms with van der Waals surface area (Å²) in [6, 6.07) is 8.62. The molecule has 142 valence electrons. The Morgan fingerprint density at radius 1 is 0.920 bits per heavy atom. The van der Waals surface area contributed by atoms with Crippen molar-refractivity contribution in [1.82, 2.24) is 4.90 Å². The normalized spacial score (nSPS) is 13.0. The fourth-order valence-corrected chi connectivity index (χ4v) is 7.30. The van der Waals surface area contributed by atoms with Crippen molar-refractivity contribution in [2.75, 3.05) is 0 Å². The van der Waals surface area contributed by atoms with Crippen LogP contribution in [0.5, 0.6) is 0 Å². The van der Waals surface area contributed by atoms with Crippen LogP contribution in [0.2, 0.25) is 0 Å². The van der Waals surface area contributed by atoms with Crippen LogP contribution < -0.4 is 0 Å². The third-order valence-electron chi connectivity index (χ3n) is 4.54. The minimum atomic E-state index is -0.281. The zero-order chi connectivity index (χ0) is 19.6. The smallest absolute Gasteiger partial charge is 0.254 e. The molecule has 0 radical (unpaired) electrons. The first kappa shape index (κ1) is 22.2. The monoisotopic (exact) mass is 363 g/mol. The van der Waals surface area contributed by atoms with Gasteiger partial charge in [0.1, 0.15) is 0 Å². The largest absolute Gasteiger partial charge is 0.334 e. The van der Waals surface area contributed by atoms with E-state index in [4.69, 9.17) is 0 Å². The molecule has 0 aliphatic carbocycles. The predicted octanol–water partition coefficient (Wildman–Crippen LogP) is 6.52. The second kappa shape index (κ2) is 8.21. The molecule has 1 rings (SSSR count). The van der Waals surface area contributed by atoms with E-state index >= 15 is 0 Å². The molecule has 3 heteroatoms. The quantitative estimate of drug-likeness (QED) is 0.545. The molecule has 1 aromatic rings. The van der Waals surface area contributed by atoms with E-state index in [1.807, 2.05) is 17.0 Å². The number of nitrogens with zero attached hydrogens (tertiary/aromatic N) is 1. The highest BCUT2D eigenvalue weighted by molar-refractivity contribution is 7.60. The van der Waals surface area contributed by atoms with Crippen molar-refractivity contribution in [3.63, 3.8) is 0 Å². The first-order chi connectivity index (χ1) is 11.3. The van der Waals surface area contributed by atoms with Crippen LogP contribution in [0.1, 0.15) is 85.2 Å². The summed E-state index contributed by atoms with van der Waals surface area (Å²) in [5.41, 5.74) is 2.08. The topological polar surface area (TPSA) is 20.3 Å². The summed E-state index contributed by atoms with van der Waals surface area (Å²) in [6.07, 6.45) is 0.994. The maximum Gasteiger partial charge on any atom is 0.254 e. The molecule has 0 atom stereocenters. The first-order valence-corrected chi connectivity index (χ1v) is 11.0. The minimum absolute atomic E-state index is 0.165. The molecule has 0 aliphatic rings. The Balaban J connectivity index is 3.30. The summed E-state index contributed by atoms with van der Waals surface area (Å²) >= 11 is 0. The number of hydrogen-bond donors (Lipinski definition) is 0. The lowest BCUT2D eigenvalue weighted by molar-refractivity contribution is 0.0643. The van der Waals surface area contributed by atoms with Gasteiger partial charge in [0.15, 0.2) is 0 Å². The van der Waals surface area contributed by atoms with Gasteiger partial charge >= 0.3 is 0 Å². The summed E-state index contributed by atoms with van der Waals surface area (Å²) in [5, 5.41) is 0.499. The molecule has 0 N–H and O–H groups in total. The van der Waals surface area contributed by atoms with Gasteiger partial charge in [-0.1, -0.05) is 67.7 Å². The van der Waals surface area contributed by atoms with Gasteiger partial charge in [0.05, 0.1) is 0 Å². The van der Waals surface area contributed by atoms with E-state index in [9.17, 15) is 4.79 Å². The van der Waals surface area contributed by atoms with Gasteiger partial charge in [-0.15, -0.1) is 0 Å². The number of amides is 1. The molecule has 0 saturated carbocycles. The molecule has 1 aromatic carbocycles. The number of hydrogen-bond acceptors (Lipinski definition) is 1. The molecular weight excluding hydrogens is 325 g/mol. The van der Waals surface area contributed by atoms with E-state index < -0.39 is 0 Å². The number of carbonyl (C=O) groups is 1. The highest BCUT2D eigenvalue weighted by Crippen LogP contribution is 2.61. The first-order valence-electron chi connectivity index (χ1n) is 9.45. The van der Waals surface area contributed by atoms with Crippen LogP contribution in [-0.2, 0) is 6.16 Å². The van der Waals surface area contributed by atoms with Crippen LogP contribution in [-0.4, -0.2) is 33.2 Å². The van der Waals surface area contributed by atoms with E-state index in [0.717, 1.165) is 11.7 Å². The van der Waals surface area contributed by atoms with Crippen LogP contribution >= 0.6 is 7.92 Å². The summed E-state index contributed by atoms with van der Waals surface area (Å²) in [4.78, 5) is 15.3. The van der Waals surface area contributed by atoms with Crippen LogP contribution in [0, 0.1) is 0 Å². The zero-order valence-electron chi connectivity index (χ0n) is 18.0. The summed E-state index contributed by atoms with van der Waals surface area (Å²) < 4.78 is 0. The SMILES string of the molecule is CC(C)N(C(=O)c1ccccc1CP(C(C)(C)C)C(C)(C)C)C(C)C. The molecule has 0 aliphatic heterocycles. The van der Waals surface area contributed by atoms with Gasteiger partial charge in [0, 0.05) is 17.6 Å². The van der Waals surface area contributed by atoms with Gasteiger partial charge in [-0.05, 0) is 55.8 Å². The highest BCUT2D eigenvalue weighted by atomic mass is 31.1. The van der Waals surface area contributed by atoms with Crippen molar-refractivity contribution < 1.29 is 4.79 Å². The average Bonchev–Trinajstić information content (AvgIpc) is 2.41. The summed E-state index contributed by atoms with van der Waals surface area (Å²) in [5.74, 6) is 0.165. The molecule has 0 bridgehead atoms. The molecule has 0 saturated heterocycles. The van der Waals surface area contributed by atoms with Crippen molar-refractivity contribution in [3.05, 3.63) is 35.4 Å². The van der Waals surface area contributed by atoms with Gasteiger partial charge in [-0.2, -0.15) is 0 Å². The van der Waals surface area contributed by atoms with Crippen LogP contribution in [0.4, 0.5) is 0 Å². The van der Waals surface area contributed by atoms with Crippen LogP contribution in [0.3, 0.4) is 0 Å². The molecule has 1 amide bonds. The second-order valence-electron chi connectivity index (χ2n) is 9.48. The molecule has 0 aromatic heterocycles. The number of carbonyl (C=O) groups excluding carboxylic acids is 1. The van der Waals surface area contributed by atoms with E-state index in [0.29, 0.717) is 0 Å². The van der Waals surface area contributed by atoms with Gasteiger partial charge in [-0.25, -0.2) is 0 Å². The number of rotatable bonds is 5. The van der Waals surface area contributed by atoms with Crippen molar-refractivity contribution in [2.24, 2.45) is 0 Å². The van der Waals surface area contributed by atoms with Crippen LogP contribution in [0.25, 0.3) is 0 Å². The number of benzene rings is 1. The average molecular weight is 364 g/mol. The lowest BCUT2D eigenvalue weighted by Crippen LogP contribution is -2.42. The van der Waals surface area contributed by atoms with Crippen molar-refractivity contribution in [2.45, 2.75) is 97.8 Å².